The van der Waals surface area contributed by atoms with Gasteiger partial charge in [0, 0.05) is 6.54 Å². The highest BCUT2D eigenvalue weighted by Crippen LogP contribution is 2.40. The lowest BCUT2D eigenvalue weighted by atomic mass is 10.2. The molecule has 0 atom stereocenters. The number of nitrogens with zero attached hydrogens (tertiary/aromatic N) is 1. The zero-order valence-electron chi connectivity index (χ0n) is 11.1. The molecule has 0 aliphatic rings. The second-order valence-corrected chi connectivity index (χ2v) is 4.15. The summed E-state index contributed by atoms with van der Waals surface area (Å²) in [6, 6.07) is 6.59. The van der Waals surface area contributed by atoms with Crippen molar-refractivity contribution in [2.24, 2.45) is 5.73 Å². The summed E-state index contributed by atoms with van der Waals surface area (Å²) in [5, 5.41) is 0. The number of benzene rings is 1. The summed E-state index contributed by atoms with van der Waals surface area (Å²) in [5.41, 5.74) is 5.11. The summed E-state index contributed by atoms with van der Waals surface area (Å²) in [6.45, 7) is 0.247. The quantitative estimate of drug-likeness (QED) is 0.940. The summed E-state index contributed by atoms with van der Waals surface area (Å²) < 4.78 is 49.1. The standard InChI is InChI=1S/C14H13F3N2O2/c1-20-10-4-5-13(12(6-10)14(15,16)17)21-11-3-2-9(7-18)19-8-11/h2-6,8H,7,18H2,1H3. The van der Waals surface area contributed by atoms with Crippen molar-refractivity contribution in [1.29, 1.82) is 0 Å². The third-order valence-corrected chi connectivity index (χ3v) is 2.73. The topological polar surface area (TPSA) is 57.4 Å². The minimum absolute atomic E-state index is 0.103. The number of halogens is 3. The first kappa shape index (κ1) is 15.1. The predicted octanol–water partition coefficient (Wildman–Crippen LogP) is 3.36. The van der Waals surface area contributed by atoms with E-state index in [1.807, 2.05) is 0 Å². The van der Waals surface area contributed by atoms with Gasteiger partial charge in [0.2, 0.25) is 0 Å². The van der Waals surface area contributed by atoms with E-state index in [1.54, 1.807) is 6.07 Å². The first-order valence-corrected chi connectivity index (χ1v) is 6.02. The molecule has 2 N–H and O–H groups in total. The lowest BCUT2D eigenvalue weighted by Crippen LogP contribution is -2.07. The fraction of sp³-hybridized carbons (Fsp3) is 0.214. The molecule has 2 rings (SSSR count). The Kier molecular flexibility index (Phi) is 4.32. The van der Waals surface area contributed by atoms with Crippen molar-refractivity contribution < 1.29 is 22.6 Å². The SMILES string of the molecule is COc1ccc(Oc2ccc(CN)nc2)c(C(F)(F)F)c1. The predicted molar refractivity (Wildman–Crippen MR) is 70.2 cm³/mol. The van der Waals surface area contributed by atoms with E-state index in [0.717, 1.165) is 6.07 Å². The smallest absolute Gasteiger partial charge is 0.420 e. The molecule has 0 amide bonds. The summed E-state index contributed by atoms with van der Waals surface area (Å²) in [7, 11) is 1.30. The van der Waals surface area contributed by atoms with E-state index < -0.39 is 11.7 Å². The van der Waals surface area contributed by atoms with Gasteiger partial charge >= 0.3 is 6.18 Å². The Bertz CT molecular complexity index is 613. The van der Waals surface area contributed by atoms with Crippen molar-refractivity contribution in [3.05, 3.63) is 47.8 Å². The molecule has 1 aromatic heterocycles. The maximum absolute atomic E-state index is 13.0. The molecule has 0 aliphatic carbocycles. The number of hydrogen-bond donors (Lipinski definition) is 1. The van der Waals surface area contributed by atoms with Crippen LogP contribution in [0.4, 0.5) is 13.2 Å². The molecule has 2 aromatic rings. The number of hydrogen-bond acceptors (Lipinski definition) is 4. The van der Waals surface area contributed by atoms with Crippen LogP contribution in [-0.2, 0) is 12.7 Å². The number of alkyl halides is 3. The van der Waals surface area contributed by atoms with Gasteiger partial charge in [0.25, 0.3) is 0 Å². The molecule has 0 saturated carbocycles. The molecule has 0 radical (unpaired) electrons. The number of nitrogens with two attached hydrogens (primary N) is 1. The summed E-state index contributed by atoms with van der Waals surface area (Å²) >= 11 is 0. The molecule has 0 spiro atoms. The van der Waals surface area contributed by atoms with Crippen LogP contribution in [0.15, 0.2) is 36.5 Å². The Labute approximate surface area is 119 Å². The van der Waals surface area contributed by atoms with Crippen LogP contribution >= 0.6 is 0 Å². The van der Waals surface area contributed by atoms with Crippen LogP contribution in [0, 0.1) is 0 Å². The van der Waals surface area contributed by atoms with E-state index in [1.165, 1.54) is 31.5 Å². The van der Waals surface area contributed by atoms with Crippen LogP contribution in [0.1, 0.15) is 11.3 Å². The van der Waals surface area contributed by atoms with Crippen LogP contribution in [0.25, 0.3) is 0 Å². The minimum Gasteiger partial charge on any atom is -0.497 e. The van der Waals surface area contributed by atoms with E-state index in [4.69, 9.17) is 15.2 Å². The number of pyridine rings is 1. The van der Waals surface area contributed by atoms with Crippen molar-refractivity contribution in [2.75, 3.05) is 7.11 Å². The molecule has 0 unspecified atom stereocenters. The Morgan fingerprint density at radius 3 is 2.38 bits per heavy atom. The van der Waals surface area contributed by atoms with E-state index in [0.29, 0.717) is 5.69 Å². The van der Waals surface area contributed by atoms with E-state index >= 15 is 0 Å². The van der Waals surface area contributed by atoms with Gasteiger partial charge in [-0.15, -0.1) is 0 Å². The first-order valence-electron chi connectivity index (χ1n) is 6.02. The number of methoxy groups -OCH3 is 1. The highest BCUT2D eigenvalue weighted by atomic mass is 19.4. The molecule has 0 fully saturated rings. The molecule has 0 saturated heterocycles. The Hall–Kier alpha value is -2.28. The average molecular weight is 298 g/mol. The molecular formula is C14H13F3N2O2. The summed E-state index contributed by atoms with van der Waals surface area (Å²) in [4.78, 5) is 3.96. The lowest BCUT2D eigenvalue weighted by molar-refractivity contribution is -0.138. The van der Waals surface area contributed by atoms with Crippen LogP contribution < -0.4 is 15.2 Å². The number of aromatic nitrogens is 1. The Morgan fingerprint density at radius 1 is 1.14 bits per heavy atom. The fourth-order valence-electron chi connectivity index (χ4n) is 1.67. The molecule has 7 heteroatoms. The zero-order chi connectivity index (χ0) is 15.5. The van der Waals surface area contributed by atoms with Gasteiger partial charge in [0.05, 0.1) is 19.0 Å². The highest BCUT2D eigenvalue weighted by Gasteiger charge is 2.35. The first-order chi connectivity index (χ1) is 9.94. The van der Waals surface area contributed by atoms with Crippen LogP contribution in [0.2, 0.25) is 0 Å². The fourth-order valence-corrected chi connectivity index (χ4v) is 1.67. The Balaban J connectivity index is 2.34. The molecule has 4 nitrogen and oxygen atoms in total. The van der Waals surface area contributed by atoms with Gasteiger partial charge in [-0.3, -0.25) is 4.98 Å². The zero-order valence-corrected chi connectivity index (χ0v) is 11.1. The molecule has 112 valence electrons. The van der Waals surface area contributed by atoms with Gasteiger partial charge in [0.1, 0.15) is 22.8 Å². The van der Waals surface area contributed by atoms with Gasteiger partial charge in [-0.25, -0.2) is 0 Å². The van der Waals surface area contributed by atoms with Crippen LogP contribution in [0.5, 0.6) is 17.2 Å². The van der Waals surface area contributed by atoms with Crippen molar-refractivity contribution >= 4 is 0 Å². The normalized spacial score (nSPS) is 11.3. The van der Waals surface area contributed by atoms with E-state index in [9.17, 15) is 13.2 Å². The van der Waals surface area contributed by atoms with E-state index in [2.05, 4.69) is 4.98 Å². The number of rotatable bonds is 4. The van der Waals surface area contributed by atoms with Crippen LogP contribution in [0.3, 0.4) is 0 Å². The van der Waals surface area contributed by atoms with Gasteiger partial charge in [0.15, 0.2) is 0 Å². The van der Waals surface area contributed by atoms with Gasteiger partial charge < -0.3 is 15.2 Å². The molecule has 1 aromatic carbocycles. The molecule has 0 aliphatic heterocycles. The van der Waals surface area contributed by atoms with Crippen molar-refractivity contribution in [1.82, 2.24) is 4.98 Å². The molecular weight excluding hydrogens is 285 g/mol. The maximum Gasteiger partial charge on any atom is 0.420 e. The lowest BCUT2D eigenvalue weighted by Gasteiger charge is -2.14. The van der Waals surface area contributed by atoms with Crippen molar-refractivity contribution in [3.63, 3.8) is 0 Å². The van der Waals surface area contributed by atoms with Crippen LogP contribution in [-0.4, -0.2) is 12.1 Å². The molecule has 0 bridgehead atoms. The maximum atomic E-state index is 13.0. The highest BCUT2D eigenvalue weighted by molar-refractivity contribution is 5.44. The third-order valence-electron chi connectivity index (χ3n) is 2.73. The average Bonchev–Trinajstić information content (AvgIpc) is 2.47. The van der Waals surface area contributed by atoms with E-state index in [-0.39, 0.29) is 23.8 Å². The van der Waals surface area contributed by atoms with Gasteiger partial charge in [-0.2, -0.15) is 13.2 Å². The molecule has 1 heterocycles. The van der Waals surface area contributed by atoms with Crippen molar-refractivity contribution in [2.45, 2.75) is 12.7 Å². The van der Waals surface area contributed by atoms with Crippen molar-refractivity contribution in [3.8, 4) is 17.2 Å². The second-order valence-electron chi connectivity index (χ2n) is 4.15. The monoisotopic (exact) mass is 298 g/mol. The molecule has 21 heavy (non-hydrogen) atoms. The third kappa shape index (κ3) is 3.63. The number of ether oxygens (including phenoxy) is 2. The second kappa shape index (κ2) is 6.01. The largest absolute Gasteiger partial charge is 0.497 e. The van der Waals surface area contributed by atoms with Gasteiger partial charge in [-0.1, -0.05) is 0 Å². The van der Waals surface area contributed by atoms with Gasteiger partial charge in [-0.05, 0) is 30.3 Å². The Morgan fingerprint density at radius 2 is 1.86 bits per heavy atom. The summed E-state index contributed by atoms with van der Waals surface area (Å²) in [5.74, 6) is -0.0141. The summed E-state index contributed by atoms with van der Waals surface area (Å²) in [6.07, 6.45) is -3.22. The minimum atomic E-state index is -4.55.